The van der Waals surface area contributed by atoms with E-state index < -0.39 is 29.3 Å². The minimum Gasteiger partial charge on any atom is -0.361 e. The Bertz CT molecular complexity index is 1010. The molecule has 1 saturated heterocycles. The van der Waals surface area contributed by atoms with Crippen LogP contribution in [0.2, 0.25) is 25.7 Å². The van der Waals surface area contributed by atoms with Gasteiger partial charge in [0.25, 0.3) is 0 Å². The lowest BCUT2D eigenvalue weighted by Gasteiger charge is -2.22. The maximum Gasteiger partial charge on any atom is 0.321 e. The van der Waals surface area contributed by atoms with Gasteiger partial charge in [-0.2, -0.15) is 0 Å². The lowest BCUT2D eigenvalue weighted by Crippen LogP contribution is -2.47. The van der Waals surface area contributed by atoms with Crippen LogP contribution in [0, 0.1) is 5.92 Å². The fourth-order valence-electron chi connectivity index (χ4n) is 3.46. The van der Waals surface area contributed by atoms with Crippen molar-refractivity contribution in [3.05, 3.63) is 18.5 Å². The Morgan fingerprint density at radius 2 is 2.19 bits per heavy atom. The normalized spacial score (nSPS) is 18.3. The highest BCUT2D eigenvalue weighted by Gasteiger charge is 2.33. The van der Waals surface area contributed by atoms with Crippen LogP contribution in [0.15, 0.2) is 18.5 Å². The van der Waals surface area contributed by atoms with E-state index in [0.29, 0.717) is 37.5 Å². The van der Waals surface area contributed by atoms with Crippen LogP contribution >= 0.6 is 0 Å². The average molecular weight is 469 g/mol. The summed E-state index contributed by atoms with van der Waals surface area (Å²) >= 11 is 0. The molecule has 2 atom stereocenters. The van der Waals surface area contributed by atoms with Gasteiger partial charge in [-0.05, 0) is 25.1 Å². The summed E-state index contributed by atoms with van der Waals surface area (Å²) in [7, 11) is -4.59. The highest BCUT2D eigenvalue weighted by Crippen LogP contribution is 2.18. The number of anilines is 1. The molecule has 3 rings (SSSR count). The Labute approximate surface area is 184 Å². The van der Waals surface area contributed by atoms with Crippen LogP contribution in [0.5, 0.6) is 0 Å². The second-order valence-electron chi connectivity index (χ2n) is 9.20. The number of fused-ring (bicyclic) bond motifs is 1. The Morgan fingerprint density at radius 3 is 2.84 bits per heavy atom. The van der Waals surface area contributed by atoms with E-state index in [0.717, 1.165) is 18.8 Å². The average Bonchev–Trinajstić information content (AvgIpc) is 3.31. The summed E-state index contributed by atoms with van der Waals surface area (Å²) in [5, 5.41) is 7.35. The van der Waals surface area contributed by atoms with E-state index in [4.69, 9.17) is 4.74 Å². The van der Waals surface area contributed by atoms with E-state index >= 15 is 0 Å². The van der Waals surface area contributed by atoms with Crippen molar-refractivity contribution in [2.24, 2.45) is 5.92 Å². The number of carbonyl (C=O) groups excluding carboxylic acids is 1. The molecule has 10 nitrogen and oxygen atoms in total. The van der Waals surface area contributed by atoms with Gasteiger partial charge < -0.3 is 19.9 Å². The van der Waals surface area contributed by atoms with Gasteiger partial charge in [-0.1, -0.05) is 19.6 Å². The second-order valence-corrected chi connectivity index (χ2v) is 17.0. The molecule has 1 aliphatic rings. The maximum atomic E-state index is 12.4. The van der Waals surface area contributed by atoms with Gasteiger partial charge in [-0.25, -0.2) is 23.2 Å². The zero-order valence-electron chi connectivity index (χ0n) is 18.5. The fourth-order valence-corrected chi connectivity index (χ4v) is 5.47. The Kier molecular flexibility index (Phi) is 7.34. The molecule has 0 aromatic carbocycles. The number of aromatic nitrogens is 3. The summed E-state index contributed by atoms with van der Waals surface area (Å²) in [4.78, 5) is 21.2. The number of nitrogens with one attached hydrogen (secondary N) is 3. The Hall–Kier alpha value is -2.02. The molecule has 0 bridgehead atoms. The number of hydrogen-bond acceptors (Lipinski definition) is 7. The van der Waals surface area contributed by atoms with E-state index in [-0.39, 0.29) is 11.7 Å². The number of ether oxygens (including phenoxy) is 1. The molecule has 2 amide bonds. The molecule has 31 heavy (non-hydrogen) atoms. The van der Waals surface area contributed by atoms with Crippen molar-refractivity contribution < 1.29 is 17.9 Å². The van der Waals surface area contributed by atoms with Gasteiger partial charge in [0.2, 0.25) is 0 Å². The van der Waals surface area contributed by atoms with Gasteiger partial charge in [0.05, 0.1) is 6.20 Å². The molecule has 0 spiro atoms. The molecular formula is C19H32N6O4SSi. The lowest BCUT2D eigenvalue weighted by atomic mass is 10.1. The molecule has 0 saturated carbocycles. The van der Waals surface area contributed by atoms with Crippen molar-refractivity contribution in [2.75, 3.05) is 31.3 Å². The van der Waals surface area contributed by atoms with Crippen molar-refractivity contribution in [3.63, 3.8) is 0 Å². The zero-order chi connectivity index (χ0) is 22.6. The van der Waals surface area contributed by atoms with Crippen LogP contribution in [-0.2, 0) is 21.3 Å². The summed E-state index contributed by atoms with van der Waals surface area (Å²) in [5.41, 5.74) is 1.27. The van der Waals surface area contributed by atoms with Crippen molar-refractivity contribution in [1.82, 2.24) is 25.2 Å². The first-order valence-electron chi connectivity index (χ1n) is 10.4. The number of nitrogens with zero attached hydrogens (tertiary/aromatic N) is 3. The van der Waals surface area contributed by atoms with Crippen molar-refractivity contribution in [3.8, 4) is 0 Å². The minimum atomic E-state index is -3.45. The van der Waals surface area contributed by atoms with Gasteiger partial charge in [-0.15, -0.1) is 0 Å². The number of hydrogen-bond donors (Lipinski definition) is 3. The van der Waals surface area contributed by atoms with Crippen molar-refractivity contribution >= 4 is 40.9 Å². The third-order valence-corrected chi connectivity index (χ3v) is 8.32. The monoisotopic (exact) mass is 468 g/mol. The van der Waals surface area contributed by atoms with Crippen LogP contribution in [-0.4, -0.2) is 68.4 Å². The molecule has 2 aromatic rings. The third kappa shape index (κ3) is 6.73. The molecule has 3 heterocycles. The standard InChI is InChI=1S/C19H32N6O4SSi/c1-30(27,28)18(14-5-7-20-11-14)24-19(26)23-16-12-21-17-15(22-16)6-8-25(17)13-29-9-10-31(2,3)4/h6,8,12,14,18,20H,5,7,9-11,13H2,1-4H3,(H2,22,23,24,26). The Morgan fingerprint density at radius 1 is 1.42 bits per heavy atom. The number of carbonyl (C=O) groups is 1. The summed E-state index contributed by atoms with van der Waals surface area (Å²) in [5.74, 6) is 0.0866. The number of rotatable bonds is 9. The predicted octanol–water partition coefficient (Wildman–Crippen LogP) is 1.85. The third-order valence-electron chi connectivity index (χ3n) is 5.19. The maximum absolute atomic E-state index is 12.4. The van der Waals surface area contributed by atoms with E-state index in [2.05, 4.69) is 45.6 Å². The molecule has 2 unspecified atom stereocenters. The van der Waals surface area contributed by atoms with Gasteiger partial charge in [0, 0.05) is 39.6 Å². The molecule has 0 radical (unpaired) electrons. The molecule has 0 aliphatic carbocycles. The SMILES string of the molecule is C[Si](C)(C)CCOCn1ccc2nc(NC(=O)NC(C3CCNC3)S(C)(=O)=O)cnc21. The summed E-state index contributed by atoms with van der Waals surface area (Å²) < 4.78 is 31.9. The molecule has 2 aromatic heterocycles. The number of urea groups is 1. The highest BCUT2D eigenvalue weighted by atomic mass is 32.2. The number of sulfone groups is 1. The molecule has 172 valence electrons. The first-order valence-corrected chi connectivity index (χ1v) is 16.1. The van der Waals surface area contributed by atoms with Crippen molar-refractivity contribution in [2.45, 2.75) is 44.2 Å². The summed E-state index contributed by atoms with van der Waals surface area (Å²) in [6.07, 6.45) is 5.12. The van der Waals surface area contributed by atoms with Crippen LogP contribution in [0.25, 0.3) is 11.2 Å². The largest absolute Gasteiger partial charge is 0.361 e. The molecule has 1 aliphatic heterocycles. The second kappa shape index (κ2) is 9.63. The quantitative estimate of drug-likeness (QED) is 0.378. The first-order chi connectivity index (χ1) is 14.5. The van der Waals surface area contributed by atoms with Crippen LogP contribution < -0.4 is 16.0 Å². The van der Waals surface area contributed by atoms with E-state index in [9.17, 15) is 13.2 Å². The van der Waals surface area contributed by atoms with Gasteiger partial charge in [0.1, 0.15) is 17.6 Å². The predicted molar refractivity (Wildman–Crippen MR) is 123 cm³/mol. The number of amides is 2. The van der Waals surface area contributed by atoms with Gasteiger partial charge in [0.15, 0.2) is 21.3 Å². The van der Waals surface area contributed by atoms with Crippen LogP contribution in [0.4, 0.5) is 10.6 Å². The van der Waals surface area contributed by atoms with Gasteiger partial charge >= 0.3 is 6.03 Å². The summed E-state index contributed by atoms with van der Waals surface area (Å²) in [6.45, 7) is 9.31. The van der Waals surface area contributed by atoms with Crippen LogP contribution in [0.1, 0.15) is 6.42 Å². The smallest absolute Gasteiger partial charge is 0.321 e. The van der Waals surface area contributed by atoms with Crippen molar-refractivity contribution in [1.29, 1.82) is 0 Å². The summed E-state index contributed by atoms with van der Waals surface area (Å²) in [6, 6.07) is 2.27. The van der Waals surface area contributed by atoms with Crippen LogP contribution in [0.3, 0.4) is 0 Å². The topological polar surface area (TPSA) is 127 Å². The highest BCUT2D eigenvalue weighted by molar-refractivity contribution is 7.91. The first kappa shape index (κ1) is 23.6. The zero-order valence-corrected chi connectivity index (χ0v) is 20.3. The van der Waals surface area contributed by atoms with Gasteiger partial charge in [-0.3, -0.25) is 5.32 Å². The molecule has 1 fully saturated rings. The van der Waals surface area contributed by atoms with E-state index in [1.165, 1.54) is 6.20 Å². The molecule has 3 N–H and O–H groups in total. The minimum absolute atomic E-state index is 0.163. The lowest BCUT2D eigenvalue weighted by molar-refractivity contribution is 0.0899. The van der Waals surface area contributed by atoms with E-state index in [1.807, 2.05) is 10.8 Å². The fraction of sp³-hybridized carbons (Fsp3) is 0.632. The molecular weight excluding hydrogens is 436 g/mol. The molecule has 12 heteroatoms. The van der Waals surface area contributed by atoms with E-state index in [1.54, 1.807) is 6.07 Å². The Balaban J connectivity index is 1.61.